The van der Waals surface area contributed by atoms with Crippen LogP contribution in [0.1, 0.15) is 9.67 Å². The average Bonchev–Trinajstić information content (AvgIpc) is 3.13. The summed E-state index contributed by atoms with van der Waals surface area (Å²) in [6, 6.07) is 11.0. The molecule has 0 aliphatic rings. The van der Waals surface area contributed by atoms with Crippen molar-refractivity contribution in [3.63, 3.8) is 0 Å². The summed E-state index contributed by atoms with van der Waals surface area (Å²) in [5, 5.41) is 12.5. The molecule has 0 amide bonds. The van der Waals surface area contributed by atoms with E-state index in [1.807, 2.05) is 41.8 Å². The summed E-state index contributed by atoms with van der Waals surface area (Å²) >= 11 is 2.36. The van der Waals surface area contributed by atoms with Gasteiger partial charge in [0.15, 0.2) is 0 Å². The number of carbonyl (C=O) groups is 1. The van der Waals surface area contributed by atoms with Gasteiger partial charge in [0.25, 0.3) is 5.56 Å². The highest BCUT2D eigenvalue weighted by Crippen LogP contribution is 2.39. The molecule has 5 nitrogen and oxygen atoms in total. The molecule has 3 N–H and O–H groups in total. The minimum absolute atomic E-state index is 0.0581. The lowest BCUT2D eigenvalue weighted by atomic mass is 10.2. The fourth-order valence-electron chi connectivity index (χ4n) is 2.69. The van der Waals surface area contributed by atoms with Crippen molar-refractivity contribution in [3.05, 3.63) is 57.0 Å². The van der Waals surface area contributed by atoms with Gasteiger partial charge in [-0.15, -0.1) is 22.7 Å². The standard InChI is InChI=1S/C16H10N2O3S2/c17-11-10-9-6-7-22-12(9)14(19)18(8-4-2-1-3-5-8)15(10)23-13(11)16(20)21/h1-7H,17H2,(H,20,21). The van der Waals surface area contributed by atoms with E-state index in [0.29, 0.717) is 26.0 Å². The number of aromatic nitrogens is 1. The van der Waals surface area contributed by atoms with Crippen molar-refractivity contribution >= 4 is 54.6 Å². The third-order valence-corrected chi connectivity index (χ3v) is 5.75. The first-order chi connectivity index (χ1) is 11.1. The second-order valence-electron chi connectivity index (χ2n) is 4.97. The van der Waals surface area contributed by atoms with E-state index in [-0.39, 0.29) is 16.1 Å². The van der Waals surface area contributed by atoms with Crippen LogP contribution in [0.25, 0.3) is 26.0 Å². The van der Waals surface area contributed by atoms with E-state index in [0.717, 1.165) is 11.3 Å². The van der Waals surface area contributed by atoms with Crippen molar-refractivity contribution in [1.29, 1.82) is 0 Å². The minimum atomic E-state index is -1.08. The Hall–Kier alpha value is -2.64. The second-order valence-corrected chi connectivity index (χ2v) is 6.88. The molecule has 7 heteroatoms. The third kappa shape index (κ3) is 1.90. The Balaban J connectivity index is 2.28. The first-order valence-electron chi connectivity index (χ1n) is 6.72. The van der Waals surface area contributed by atoms with Crippen LogP contribution in [0, 0.1) is 0 Å². The Morgan fingerprint density at radius 3 is 2.61 bits per heavy atom. The summed E-state index contributed by atoms with van der Waals surface area (Å²) in [5.41, 5.74) is 6.83. The van der Waals surface area contributed by atoms with E-state index < -0.39 is 5.97 Å². The highest BCUT2D eigenvalue weighted by Gasteiger charge is 2.22. The molecule has 4 aromatic rings. The molecule has 0 atom stereocenters. The Morgan fingerprint density at radius 1 is 1.17 bits per heavy atom. The molecule has 1 aromatic carbocycles. The van der Waals surface area contributed by atoms with Crippen LogP contribution in [0.3, 0.4) is 0 Å². The van der Waals surface area contributed by atoms with Gasteiger partial charge < -0.3 is 10.8 Å². The van der Waals surface area contributed by atoms with Gasteiger partial charge >= 0.3 is 5.97 Å². The van der Waals surface area contributed by atoms with Gasteiger partial charge in [-0.2, -0.15) is 0 Å². The topological polar surface area (TPSA) is 85.3 Å². The van der Waals surface area contributed by atoms with Crippen LogP contribution in [0.4, 0.5) is 5.69 Å². The molecule has 0 radical (unpaired) electrons. The molecule has 0 unspecified atom stereocenters. The molecule has 4 rings (SSSR count). The predicted molar refractivity (Wildman–Crippen MR) is 94.2 cm³/mol. The largest absolute Gasteiger partial charge is 0.477 e. The summed E-state index contributed by atoms with van der Waals surface area (Å²) < 4.78 is 2.12. The van der Waals surface area contributed by atoms with E-state index in [2.05, 4.69) is 0 Å². The molecular weight excluding hydrogens is 332 g/mol. The number of nitrogen functional groups attached to an aromatic ring is 1. The molecule has 0 saturated heterocycles. The minimum Gasteiger partial charge on any atom is -0.477 e. The van der Waals surface area contributed by atoms with Crippen molar-refractivity contribution < 1.29 is 9.90 Å². The smallest absolute Gasteiger partial charge is 0.348 e. The van der Waals surface area contributed by atoms with E-state index in [1.54, 1.807) is 4.57 Å². The number of benzene rings is 1. The summed E-state index contributed by atoms with van der Waals surface area (Å²) in [5.74, 6) is -1.08. The second kappa shape index (κ2) is 4.94. The van der Waals surface area contributed by atoms with Crippen molar-refractivity contribution in [2.24, 2.45) is 0 Å². The molecule has 0 aliphatic carbocycles. The number of para-hydroxylation sites is 1. The zero-order chi connectivity index (χ0) is 16.1. The summed E-state index contributed by atoms with van der Waals surface area (Å²) in [6.07, 6.45) is 0. The fourth-order valence-corrected chi connectivity index (χ4v) is 4.61. The van der Waals surface area contributed by atoms with Gasteiger partial charge in [-0.3, -0.25) is 9.36 Å². The fraction of sp³-hybridized carbons (Fsp3) is 0. The maximum atomic E-state index is 12.9. The summed E-state index contributed by atoms with van der Waals surface area (Å²) in [6.45, 7) is 0. The summed E-state index contributed by atoms with van der Waals surface area (Å²) in [4.78, 5) is 24.9. The molecule has 0 aliphatic heterocycles. The first-order valence-corrected chi connectivity index (χ1v) is 8.42. The SMILES string of the molecule is Nc1c(C(=O)O)sc2c1c1ccsc1c(=O)n2-c1ccccc1. The van der Waals surface area contributed by atoms with Crippen molar-refractivity contribution in [2.45, 2.75) is 0 Å². The van der Waals surface area contributed by atoms with Gasteiger partial charge in [-0.1, -0.05) is 18.2 Å². The molecule has 0 saturated carbocycles. The van der Waals surface area contributed by atoms with Crippen LogP contribution in [0.15, 0.2) is 46.6 Å². The molecule has 23 heavy (non-hydrogen) atoms. The lowest BCUT2D eigenvalue weighted by Gasteiger charge is -2.08. The van der Waals surface area contributed by atoms with Gasteiger partial charge in [0, 0.05) is 10.8 Å². The van der Waals surface area contributed by atoms with Gasteiger partial charge in [-0.05, 0) is 23.6 Å². The number of anilines is 1. The van der Waals surface area contributed by atoms with Crippen molar-refractivity contribution in [2.75, 3.05) is 5.73 Å². The third-order valence-electron chi connectivity index (χ3n) is 3.67. The maximum absolute atomic E-state index is 12.9. The molecule has 114 valence electrons. The van der Waals surface area contributed by atoms with E-state index in [1.165, 1.54) is 11.3 Å². The van der Waals surface area contributed by atoms with E-state index in [4.69, 9.17) is 5.73 Å². The monoisotopic (exact) mass is 342 g/mol. The number of carboxylic acid groups (broad SMARTS) is 1. The maximum Gasteiger partial charge on any atom is 0.348 e. The van der Waals surface area contributed by atoms with Gasteiger partial charge in [0.05, 0.1) is 11.4 Å². The predicted octanol–water partition coefficient (Wildman–Crippen LogP) is 3.55. The van der Waals surface area contributed by atoms with Crippen molar-refractivity contribution in [3.8, 4) is 5.69 Å². The molecule has 0 spiro atoms. The number of fused-ring (bicyclic) bond motifs is 3. The number of aromatic carboxylic acids is 1. The van der Waals surface area contributed by atoms with Gasteiger partial charge in [0.2, 0.25) is 0 Å². The first kappa shape index (κ1) is 14.0. The normalized spacial score (nSPS) is 11.3. The van der Waals surface area contributed by atoms with Crippen LogP contribution in [-0.2, 0) is 0 Å². The molecule has 0 bridgehead atoms. The number of hydrogen-bond acceptors (Lipinski definition) is 5. The number of carboxylic acids is 1. The number of pyridine rings is 1. The highest BCUT2D eigenvalue weighted by atomic mass is 32.1. The zero-order valence-corrected chi connectivity index (χ0v) is 13.3. The molecular formula is C16H10N2O3S2. The molecule has 3 aromatic heterocycles. The molecule has 3 heterocycles. The van der Waals surface area contributed by atoms with Crippen LogP contribution < -0.4 is 11.3 Å². The number of hydrogen-bond donors (Lipinski definition) is 2. The zero-order valence-electron chi connectivity index (χ0n) is 11.6. The van der Waals surface area contributed by atoms with Gasteiger partial charge in [0.1, 0.15) is 14.4 Å². The highest BCUT2D eigenvalue weighted by molar-refractivity contribution is 7.22. The van der Waals surface area contributed by atoms with Gasteiger partial charge in [-0.25, -0.2) is 4.79 Å². The van der Waals surface area contributed by atoms with Crippen LogP contribution in [0.5, 0.6) is 0 Å². The lowest BCUT2D eigenvalue weighted by molar-refractivity contribution is 0.0703. The van der Waals surface area contributed by atoms with E-state index in [9.17, 15) is 14.7 Å². The van der Waals surface area contributed by atoms with Crippen LogP contribution >= 0.6 is 22.7 Å². The Labute approximate surface area is 137 Å². The van der Waals surface area contributed by atoms with Crippen LogP contribution in [0.2, 0.25) is 0 Å². The quantitative estimate of drug-likeness (QED) is 0.583. The lowest BCUT2D eigenvalue weighted by Crippen LogP contribution is -2.17. The van der Waals surface area contributed by atoms with Crippen LogP contribution in [-0.4, -0.2) is 15.6 Å². The Kier molecular flexibility index (Phi) is 3.00. The number of thiophene rings is 2. The number of nitrogens with zero attached hydrogens (tertiary/aromatic N) is 1. The summed E-state index contributed by atoms with van der Waals surface area (Å²) in [7, 11) is 0. The number of rotatable bonds is 2. The van der Waals surface area contributed by atoms with Crippen molar-refractivity contribution in [1.82, 2.24) is 4.57 Å². The molecule has 0 fully saturated rings. The number of nitrogens with two attached hydrogens (primary N) is 1. The Morgan fingerprint density at radius 2 is 1.91 bits per heavy atom. The average molecular weight is 342 g/mol. The van der Waals surface area contributed by atoms with E-state index >= 15 is 0 Å². The Bertz CT molecular complexity index is 1120.